The van der Waals surface area contributed by atoms with Crippen LogP contribution in [0.25, 0.3) is 0 Å². The van der Waals surface area contributed by atoms with Gasteiger partial charge in [0.05, 0.1) is 10.7 Å². The first kappa shape index (κ1) is 10.5. The lowest BCUT2D eigenvalue weighted by Gasteiger charge is -2.00. The van der Waals surface area contributed by atoms with E-state index < -0.39 is 0 Å². The second-order valence-corrected chi connectivity index (χ2v) is 4.35. The first-order valence-corrected chi connectivity index (χ1v) is 5.85. The first-order valence-electron chi connectivity index (χ1n) is 4.49. The average molecular weight is 237 g/mol. The van der Waals surface area contributed by atoms with Crippen LogP contribution in [0.5, 0.6) is 0 Å². The normalized spacial score (nSPS) is 10.2. The van der Waals surface area contributed by atoms with E-state index in [4.69, 9.17) is 11.6 Å². The number of hydrogen-bond donors (Lipinski definition) is 0. The van der Waals surface area contributed by atoms with Gasteiger partial charge in [-0.05, 0) is 24.3 Å². The minimum Gasteiger partial charge on any atom is -0.260 e. The SMILES string of the molecule is Clc1ccnc(CSc2ccccn2)c1. The van der Waals surface area contributed by atoms with Crippen molar-refractivity contribution in [2.75, 3.05) is 0 Å². The number of aromatic nitrogens is 2. The van der Waals surface area contributed by atoms with Crippen LogP contribution in [0.3, 0.4) is 0 Å². The smallest absolute Gasteiger partial charge is 0.0963 e. The van der Waals surface area contributed by atoms with E-state index in [0.29, 0.717) is 0 Å². The lowest BCUT2D eigenvalue weighted by Crippen LogP contribution is -1.86. The van der Waals surface area contributed by atoms with Crippen molar-refractivity contribution in [2.24, 2.45) is 0 Å². The summed E-state index contributed by atoms with van der Waals surface area (Å²) in [4.78, 5) is 8.44. The zero-order valence-corrected chi connectivity index (χ0v) is 9.50. The second-order valence-electron chi connectivity index (χ2n) is 2.92. The highest BCUT2D eigenvalue weighted by Gasteiger charge is 1.98. The summed E-state index contributed by atoms with van der Waals surface area (Å²) in [6.07, 6.45) is 3.50. The molecule has 0 aliphatic rings. The Morgan fingerprint density at radius 2 is 2.07 bits per heavy atom. The summed E-state index contributed by atoms with van der Waals surface area (Å²) in [6.45, 7) is 0. The fraction of sp³-hybridized carbons (Fsp3) is 0.0909. The van der Waals surface area contributed by atoms with E-state index in [1.165, 1.54) is 0 Å². The molecule has 0 N–H and O–H groups in total. The van der Waals surface area contributed by atoms with E-state index in [1.807, 2.05) is 24.3 Å². The molecular weight excluding hydrogens is 228 g/mol. The molecule has 0 aromatic carbocycles. The summed E-state index contributed by atoms with van der Waals surface area (Å²) in [5.41, 5.74) is 0.971. The highest BCUT2D eigenvalue weighted by molar-refractivity contribution is 7.98. The Morgan fingerprint density at radius 1 is 1.13 bits per heavy atom. The summed E-state index contributed by atoms with van der Waals surface area (Å²) in [5, 5.41) is 1.72. The van der Waals surface area contributed by atoms with Crippen LogP contribution in [-0.4, -0.2) is 9.97 Å². The maximum atomic E-state index is 5.86. The van der Waals surface area contributed by atoms with Crippen LogP contribution in [0, 0.1) is 0 Å². The molecule has 0 spiro atoms. The van der Waals surface area contributed by atoms with Crippen LogP contribution in [0.4, 0.5) is 0 Å². The molecular formula is C11H9ClN2S. The van der Waals surface area contributed by atoms with Gasteiger partial charge in [0, 0.05) is 23.2 Å². The maximum absolute atomic E-state index is 5.86. The molecule has 4 heteroatoms. The number of halogens is 1. The van der Waals surface area contributed by atoms with E-state index in [2.05, 4.69) is 9.97 Å². The van der Waals surface area contributed by atoms with Crippen molar-refractivity contribution in [2.45, 2.75) is 10.8 Å². The van der Waals surface area contributed by atoms with Gasteiger partial charge < -0.3 is 0 Å². The zero-order valence-electron chi connectivity index (χ0n) is 7.93. The van der Waals surface area contributed by atoms with Crippen LogP contribution >= 0.6 is 23.4 Å². The van der Waals surface area contributed by atoms with Gasteiger partial charge in [0.1, 0.15) is 0 Å². The third kappa shape index (κ3) is 3.22. The quantitative estimate of drug-likeness (QED) is 0.764. The van der Waals surface area contributed by atoms with E-state index in [9.17, 15) is 0 Å². The highest BCUT2D eigenvalue weighted by Crippen LogP contribution is 2.20. The second kappa shape index (κ2) is 5.14. The molecule has 2 aromatic heterocycles. The van der Waals surface area contributed by atoms with Gasteiger partial charge in [-0.15, -0.1) is 11.8 Å². The number of thioether (sulfide) groups is 1. The van der Waals surface area contributed by atoms with Gasteiger partial charge in [-0.25, -0.2) is 4.98 Å². The Balaban J connectivity index is 1.99. The lowest BCUT2D eigenvalue weighted by atomic mass is 10.4. The van der Waals surface area contributed by atoms with Crippen molar-refractivity contribution in [3.8, 4) is 0 Å². The summed E-state index contributed by atoms with van der Waals surface area (Å²) in [5.74, 6) is 0.789. The summed E-state index contributed by atoms with van der Waals surface area (Å²) < 4.78 is 0. The molecule has 0 saturated carbocycles. The van der Waals surface area contributed by atoms with Gasteiger partial charge in [0.25, 0.3) is 0 Å². The van der Waals surface area contributed by atoms with Crippen molar-refractivity contribution < 1.29 is 0 Å². The summed E-state index contributed by atoms with van der Waals surface area (Å²) in [6, 6.07) is 9.51. The van der Waals surface area contributed by atoms with Crippen molar-refractivity contribution in [3.63, 3.8) is 0 Å². The van der Waals surface area contributed by atoms with Gasteiger partial charge in [-0.3, -0.25) is 4.98 Å². The van der Waals surface area contributed by atoms with Gasteiger partial charge in [0.15, 0.2) is 0 Å². The predicted octanol–water partition coefficient (Wildman–Crippen LogP) is 3.42. The highest BCUT2D eigenvalue weighted by atomic mass is 35.5. The standard InChI is InChI=1S/C11H9ClN2S/c12-9-4-6-13-10(7-9)8-15-11-3-1-2-5-14-11/h1-7H,8H2. The molecule has 2 nitrogen and oxygen atoms in total. The molecule has 0 atom stereocenters. The first-order chi connectivity index (χ1) is 7.34. The monoisotopic (exact) mass is 236 g/mol. The van der Waals surface area contributed by atoms with Gasteiger partial charge in [-0.1, -0.05) is 17.7 Å². The number of hydrogen-bond acceptors (Lipinski definition) is 3. The number of rotatable bonds is 3. The van der Waals surface area contributed by atoms with Crippen molar-refractivity contribution >= 4 is 23.4 Å². The van der Waals surface area contributed by atoms with Crippen molar-refractivity contribution in [3.05, 3.63) is 53.4 Å². The molecule has 2 aromatic rings. The van der Waals surface area contributed by atoms with E-state index in [-0.39, 0.29) is 0 Å². The summed E-state index contributed by atoms with van der Waals surface area (Å²) >= 11 is 7.51. The summed E-state index contributed by atoms with van der Waals surface area (Å²) in [7, 11) is 0. The molecule has 76 valence electrons. The van der Waals surface area contributed by atoms with Crippen LogP contribution in [0.15, 0.2) is 47.8 Å². The van der Waals surface area contributed by atoms with Crippen molar-refractivity contribution in [1.29, 1.82) is 0 Å². The number of pyridine rings is 2. The van der Waals surface area contributed by atoms with E-state index >= 15 is 0 Å². The van der Waals surface area contributed by atoms with Gasteiger partial charge in [0.2, 0.25) is 0 Å². The van der Waals surface area contributed by atoms with E-state index in [1.54, 1.807) is 30.2 Å². The van der Waals surface area contributed by atoms with E-state index in [0.717, 1.165) is 21.5 Å². The molecule has 0 bridgehead atoms. The molecule has 0 aliphatic carbocycles. The molecule has 0 fully saturated rings. The molecule has 0 saturated heterocycles. The third-order valence-corrected chi connectivity index (χ3v) is 3.00. The zero-order chi connectivity index (χ0) is 10.5. The van der Waals surface area contributed by atoms with Crippen LogP contribution in [0.1, 0.15) is 5.69 Å². The minimum atomic E-state index is 0.724. The Kier molecular flexibility index (Phi) is 3.59. The van der Waals surface area contributed by atoms with Gasteiger partial charge >= 0.3 is 0 Å². The molecule has 0 amide bonds. The topological polar surface area (TPSA) is 25.8 Å². The Morgan fingerprint density at radius 3 is 2.80 bits per heavy atom. The lowest BCUT2D eigenvalue weighted by molar-refractivity contribution is 1.12. The molecule has 15 heavy (non-hydrogen) atoms. The molecule has 0 aliphatic heterocycles. The molecule has 0 radical (unpaired) electrons. The molecule has 0 unspecified atom stereocenters. The van der Waals surface area contributed by atoms with Crippen LogP contribution < -0.4 is 0 Å². The van der Waals surface area contributed by atoms with Crippen molar-refractivity contribution in [1.82, 2.24) is 9.97 Å². The number of nitrogens with zero attached hydrogens (tertiary/aromatic N) is 2. The predicted molar refractivity (Wildman–Crippen MR) is 63.0 cm³/mol. The average Bonchev–Trinajstić information content (AvgIpc) is 2.28. The Bertz CT molecular complexity index is 434. The Labute approximate surface area is 97.7 Å². The van der Waals surface area contributed by atoms with Crippen LogP contribution in [-0.2, 0) is 5.75 Å². The van der Waals surface area contributed by atoms with Crippen LogP contribution in [0.2, 0.25) is 5.02 Å². The third-order valence-electron chi connectivity index (χ3n) is 1.78. The molecule has 2 heterocycles. The molecule has 2 rings (SSSR count). The Hall–Kier alpha value is -1.06. The largest absolute Gasteiger partial charge is 0.260 e. The van der Waals surface area contributed by atoms with Gasteiger partial charge in [-0.2, -0.15) is 0 Å². The minimum absolute atomic E-state index is 0.724. The fourth-order valence-electron chi connectivity index (χ4n) is 1.11. The maximum Gasteiger partial charge on any atom is 0.0963 e. The fourth-order valence-corrected chi connectivity index (χ4v) is 2.05.